The molecule has 0 bridgehead atoms. The minimum atomic E-state index is -3.34. The third kappa shape index (κ3) is 6.62. The van der Waals surface area contributed by atoms with E-state index in [4.69, 9.17) is 0 Å². The number of carbonyl (C=O) groups is 1. The minimum absolute atomic E-state index is 0.0727. The predicted octanol–water partition coefficient (Wildman–Crippen LogP) is 5.40. The third-order valence-electron chi connectivity index (χ3n) is 6.91. The number of hydrogen-bond donors (Lipinski definition) is 2. The first-order valence-corrected chi connectivity index (χ1v) is 14.6. The second kappa shape index (κ2) is 10.7. The second-order valence-electron chi connectivity index (χ2n) is 10.8. The molecule has 1 aliphatic heterocycles. The molecule has 1 aromatic heterocycles. The molecule has 2 N–H and O–H groups in total. The number of carbonyl (C=O) groups excluding carboxylic acids is 1. The van der Waals surface area contributed by atoms with E-state index < -0.39 is 10.0 Å². The SMILES string of the molecule is COC(=O)C=Cc1ccc(C2CCCN2CCc2c(C(C)(C)C)[nH]c3cc(NS(C)(=O)=O)ccc23)cc1. The lowest BCUT2D eigenvalue weighted by atomic mass is 9.88. The van der Waals surface area contributed by atoms with E-state index in [0.717, 1.165) is 55.1 Å². The number of ether oxygens (including phenoxy) is 1. The Kier molecular flexibility index (Phi) is 7.80. The highest BCUT2D eigenvalue weighted by atomic mass is 32.2. The zero-order chi connectivity index (χ0) is 26.8. The van der Waals surface area contributed by atoms with Crippen molar-refractivity contribution in [1.82, 2.24) is 9.88 Å². The molecular weight excluding hydrogens is 486 g/mol. The predicted molar refractivity (Wildman–Crippen MR) is 150 cm³/mol. The molecule has 8 heteroatoms. The fourth-order valence-corrected chi connectivity index (χ4v) is 5.78. The summed E-state index contributed by atoms with van der Waals surface area (Å²) in [4.78, 5) is 17.5. The number of hydrogen-bond acceptors (Lipinski definition) is 5. The number of esters is 1. The van der Waals surface area contributed by atoms with Gasteiger partial charge >= 0.3 is 5.97 Å². The van der Waals surface area contributed by atoms with Gasteiger partial charge in [-0.25, -0.2) is 13.2 Å². The molecule has 0 aliphatic carbocycles. The van der Waals surface area contributed by atoms with Crippen LogP contribution in [0.15, 0.2) is 48.5 Å². The Morgan fingerprint density at radius 2 is 1.92 bits per heavy atom. The normalized spacial score (nSPS) is 17.1. The van der Waals surface area contributed by atoms with Gasteiger partial charge in [-0.15, -0.1) is 0 Å². The summed E-state index contributed by atoms with van der Waals surface area (Å²) in [6, 6.07) is 14.5. The Morgan fingerprint density at radius 1 is 1.19 bits per heavy atom. The average molecular weight is 524 g/mol. The van der Waals surface area contributed by atoms with Gasteiger partial charge in [-0.3, -0.25) is 9.62 Å². The Labute approximate surface area is 220 Å². The lowest BCUT2D eigenvalue weighted by Gasteiger charge is -2.26. The molecule has 37 heavy (non-hydrogen) atoms. The van der Waals surface area contributed by atoms with Crippen LogP contribution in [-0.2, 0) is 31.4 Å². The van der Waals surface area contributed by atoms with Crippen LogP contribution in [-0.4, -0.2) is 50.7 Å². The monoisotopic (exact) mass is 523 g/mol. The van der Waals surface area contributed by atoms with Crippen molar-refractivity contribution in [2.24, 2.45) is 0 Å². The first-order chi connectivity index (χ1) is 17.4. The number of nitrogens with one attached hydrogen (secondary N) is 2. The van der Waals surface area contributed by atoms with Gasteiger partial charge in [0.2, 0.25) is 10.0 Å². The molecule has 1 fully saturated rings. The maximum Gasteiger partial charge on any atom is 0.330 e. The molecule has 198 valence electrons. The van der Waals surface area contributed by atoms with Crippen molar-refractivity contribution in [2.45, 2.75) is 51.5 Å². The number of nitrogens with zero attached hydrogens (tertiary/aromatic N) is 1. The van der Waals surface area contributed by atoms with E-state index in [1.165, 1.54) is 30.0 Å². The molecule has 4 rings (SSSR count). The standard InChI is InChI=1S/C29H37N3O4S/c1-29(2,3)28-24(23-14-13-22(19-25(23)30-28)31-37(5,34)35)16-18-32-17-6-7-26(32)21-11-8-20(9-12-21)10-15-27(33)36-4/h8-15,19,26,30-31H,6-7,16-18H2,1-5H3. The molecule has 1 atom stereocenters. The first-order valence-electron chi connectivity index (χ1n) is 12.7. The van der Waals surface area contributed by atoms with E-state index in [-0.39, 0.29) is 11.4 Å². The summed E-state index contributed by atoms with van der Waals surface area (Å²) in [5.41, 5.74) is 6.18. The van der Waals surface area contributed by atoms with E-state index in [1.807, 2.05) is 30.3 Å². The maximum absolute atomic E-state index is 11.7. The average Bonchev–Trinajstić information content (AvgIpc) is 3.44. The number of methoxy groups -OCH3 is 1. The van der Waals surface area contributed by atoms with Crippen molar-refractivity contribution in [3.05, 3.63) is 70.9 Å². The van der Waals surface area contributed by atoms with Crippen molar-refractivity contribution in [3.63, 3.8) is 0 Å². The summed E-state index contributed by atoms with van der Waals surface area (Å²) >= 11 is 0. The summed E-state index contributed by atoms with van der Waals surface area (Å²) in [6.07, 6.45) is 7.56. The van der Waals surface area contributed by atoms with Crippen LogP contribution in [0.5, 0.6) is 0 Å². The van der Waals surface area contributed by atoms with Gasteiger partial charge in [0.25, 0.3) is 0 Å². The maximum atomic E-state index is 11.7. The summed E-state index contributed by atoms with van der Waals surface area (Å²) in [7, 11) is -1.96. The summed E-state index contributed by atoms with van der Waals surface area (Å²) in [5.74, 6) is -0.360. The zero-order valence-corrected chi connectivity index (χ0v) is 23.1. The highest BCUT2D eigenvalue weighted by Gasteiger charge is 2.28. The number of sulfonamides is 1. The topological polar surface area (TPSA) is 91.5 Å². The lowest BCUT2D eigenvalue weighted by molar-refractivity contribution is -0.134. The number of aromatic amines is 1. The third-order valence-corrected chi connectivity index (χ3v) is 7.51. The largest absolute Gasteiger partial charge is 0.466 e. The first kappa shape index (κ1) is 26.9. The Morgan fingerprint density at radius 3 is 2.57 bits per heavy atom. The lowest BCUT2D eigenvalue weighted by Crippen LogP contribution is -2.26. The molecule has 2 aromatic carbocycles. The molecule has 1 saturated heterocycles. The van der Waals surface area contributed by atoms with Crippen LogP contribution in [0.4, 0.5) is 5.69 Å². The van der Waals surface area contributed by atoms with Crippen LogP contribution in [0.25, 0.3) is 17.0 Å². The fraction of sp³-hybridized carbons (Fsp3) is 0.414. The summed E-state index contributed by atoms with van der Waals surface area (Å²) in [5, 5.41) is 1.14. The van der Waals surface area contributed by atoms with Crippen LogP contribution < -0.4 is 4.72 Å². The second-order valence-corrected chi connectivity index (χ2v) is 12.6. The number of H-pyrrole nitrogens is 1. The number of likely N-dealkylation sites (tertiary alicyclic amines) is 1. The van der Waals surface area contributed by atoms with E-state index in [0.29, 0.717) is 11.7 Å². The summed E-state index contributed by atoms with van der Waals surface area (Å²) < 4.78 is 30.7. The quantitative estimate of drug-likeness (QED) is 0.305. The van der Waals surface area contributed by atoms with Crippen molar-refractivity contribution in [1.29, 1.82) is 0 Å². The number of aromatic nitrogens is 1. The van der Waals surface area contributed by atoms with Gasteiger partial charge in [-0.2, -0.15) is 0 Å². The molecule has 0 spiro atoms. The summed E-state index contributed by atoms with van der Waals surface area (Å²) in [6.45, 7) is 8.60. The van der Waals surface area contributed by atoms with Crippen molar-refractivity contribution in [3.8, 4) is 0 Å². The smallest absolute Gasteiger partial charge is 0.330 e. The van der Waals surface area contributed by atoms with Gasteiger partial charge < -0.3 is 9.72 Å². The molecule has 7 nitrogen and oxygen atoms in total. The zero-order valence-electron chi connectivity index (χ0n) is 22.3. The molecule has 3 aromatic rings. The molecule has 1 aliphatic rings. The number of benzene rings is 2. The van der Waals surface area contributed by atoms with Crippen LogP contribution in [0, 0.1) is 0 Å². The Bertz CT molecular complexity index is 1400. The number of anilines is 1. The van der Waals surface area contributed by atoms with Gasteiger partial charge in [0.05, 0.1) is 19.1 Å². The van der Waals surface area contributed by atoms with Crippen LogP contribution in [0.3, 0.4) is 0 Å². The van der Waals surface area contributed by atoms with Crippen LogP contribution in [0.1, 0.15) is 62.0 Å². The van der Waals surface area contributed by atoms with Gasteiger partial charge in [0.1, 0.15) is 0 Å². The molecule has 0 saturated carbocycles. The highest BCUT2D eigenvalue weighted by Crippen LogP contribution is 2.36. The van der Waals surface area contributed by atoms with Crippen LogP contribution in [0.2, 0.25) is 0 Å². The molecule has 0 amide bonds. The molecule has 1 unspecified atom stereocenters. The van der Waals surface area contributed by atoms with Crippen molar-refractivity contribution >= 4 is 38.7 Å². The molecule has 0 radical (unpaired) electrons. The highest BCUT2D eigenvalue weighted by molar-refractivity contribution is 7.92. The number of rotatable bonds is 8. The van der Waals surface area contributed by atoms with Gasteiger partial charge in [0, 0.05) is 40.7 Å². The van der Waals surface area contributed by atoms with Gasteiger partial charge in [-0.05, 0) is 60.7 Å². The fourth-order valence-electron chi connectivity index (χ4n) is 5.22. The molecular formula is C29H37N3O4S. The van der Waals surface area contributed by atoms with E-state index >= 15 is 0 Å². The van der Waals surface area contributed by atoms with Crippen LogP contribution >= 0.6 is 0 Å². The Balaban J connectivity index is 1.54. The number of fused-ring (bicyclic) bond motifs is 1. The van der Waals surface area contributed by atoms with E-state index in [9.17, 15) is 13.2 Å². The minimum Gasteiger partial charge on any atom is -0.466 e. The van der Waals surface area contributed by atoms with E-state index in [2.05, 4.69) is 52.2 Å². The Hall–Kier alpha value is -3.10. The van der Waals surface area contributed by atoms with Crippen molar-refractivity contribution in [2.75, 3.05) is 31.2 Å². The van der Waals surface area contributed by atoms with E-state index in [1.54, 1.807) is 6.08 Å². The van der Waals surface area contributed by atoms with Crippen molar-refractivity contribution < 1.29 is 17.9 Å². The molecule has 2 heterocycles. The van der Waals surface area contributed by atoms with Gasteiger partial charge in [0.15, 0.2) is 0 Å². The van der Waals surface area contributed by atoms with Gasteiger partial charge in [-0.1, -0.05) is 51.1 Å².